The Morgan fingerprint density at radius 3 is 2.82 bits per heavy atom. The lowest BCUT2D eigenvalue weighted by molar-refractivity contribution is 0.192. The van der Waals surface area contributed by atoms with Crippen LogP contribution < -0.4 is 10.0 Å². The van der Waals surface area contributed by atoms with Crippen molar-refractivity contribution in [3.05, 3.63) is 53.9 Å². The molecule has 0 bridgehead atoms. The second-order valence-corrected chi connectivity index (χ2v) is 8.57. The molecule has 1 aromatic heterocycles. The number of urea groups is 1. The van der Waals surface area contributed by atoms with Gasteiger partial charge in [0.25, 0.3) is 10.0 Å². The Labute approximate surface area is 166 Å². The quantitative estimate of drug-likeness (QED) is 0.696. The standard InChI is InChI=1S/C20H26N4O3S/c1-2-3-4-11-22-20(25)24-12-9-16-13-19(8-7-17(16)15-24)28(26,27)23-18-6-5-10-21-14-18/h5-8,10,13-14,23H,2-4,9,11-12,15H2,1H3,(H,22,25). The van der Waals surface area contributed by atoms with Crippen LogP contribution in [0.2, 0.25) is 0 Å². The number of unbranched alkanes of at least 4 members (excludes halogenated alkanes) is 2. The highest BCUT2D eigenvalue weighted by Gasteiger charge is 2.23. The number of benzene rings is 1. The summed E-state index contributed by atoms with van der Waals surface area (Å²) >= 11 is 0. The zero-order valence-electron chi connectivity index (χ0n) is 16.0. The van der Waals surface area contributed by atoms with E-state index in [0.29, 0.717) is 31.7 Å². The number of aromatic nitrogens is 1. The first kappa shape index (κ1) is 20.1. The maximum Gasteiger partial charge on any atom is 0.317 e. The summed E-state index contributed by atoms with van der Waals surface area (Å²) in [5.41, 5.74) is 2.37. The molecule has 0 saturated heterocycles. The van der Waals surface area contributed by atoms with Gasteiger partial charge >= 0.3 is 6.03 Å². The highest BCUT2D eigenvalue weighted by atomic mass is 32.2. The van der Waals surface area contributed by atoms with Crippen molar-refractivity contribution in [1.29, 1.82) is 0 Å². The highest BCUT2D eigenvalue weighted by Crippen LogP contribution is 2.24. The van der Waals surface area contributed by atoms with Crippen molar-refractivity contribution >= 4 is 21.7 Å². The second-order valence-electron chi connectivity index (χ2n) is 6.89. The van der Waals surface area contributed by atoms with E-state index in [2.05, 4.69) is 21.9 Å². The Balaban J connectivity index is 1.66. The van der Waals surface area contributed by atoms with Gasteiger partial charge in [0.1, 0.15) is 0 Å². The van der Waals surface area contributed by atoms with Crippen molar-refractivity contribution in [2.75, 3.05) is 17.8 Å². The molecule has 7 nitrogen and oxygen atoms in total. The molecule has 0 radical (unpaired) electrons. The van der Waals surface area contributed by atoms with Crippen LogP contribution in [0, 0.1) is 0 Å². The van der Waals surface area contributed by atoms with Crippen LogP contribution in [0.1, 0.15) is 37.3 Å². The van der Waals surface area contributed by atoms with E-state index in [4.69, 9.17) is 0 Å². The number of anilines is 1. The van der Waals surface area contributed by atoms with Crippen molar-refractivity contribution in [2.24, 2.45) is 0 Å². The molecule has 2 N–H and O–H groups in total. The molecule has 3 rings (SSSR count). The molecule has 2 aromatic rings. The molecule has 2 amide bonds. The van der Waals surface area contributed by atoms with Gasteiger partial charge in [0.05, 0.1) is 16.8 Å². The van der Waals surface area contributed by atoms with Gasteiger partial charge in [-0.05, 0) is 48.2 Å². The predicted octanol–water partition coefficient (Wildman–Crippen LogP) is 3.14. The second kappa shape index (κ2) is 9.05. The van der Waals surface area contributed by atoms with Gasteiger partial charge in [-0.25, -0.2) is 13.2 Å². The summed E-state index contributed by atoms with van der Waals surface area (Å²) in [6.45, 7) is 3.88. The molecule has 0 unspecified atom stereocenters. The summed E-state index contributed by atoms with van der Waals surface area (Å²) in [4.78, 5) is 18.2. The molecule has 2 heterocycles. The number of carbonyl (C=O) groups is 1. The molecule has 150 valence electrons. The van der Waals surface area contributed by atoms with E-state index >= 15 is 0 Å². The van der Waals surface area contributed by atoms with Gasteiger partial charge in [0.15, 0.2) is 0 Å². The van der Waals surface area contributed by atoms with Gasteiger partial charge in [0, 0.05) is 25.8 Å². The number of carbonyl (C=O) groups excluding carboxylic acids is 1. The van der Waals surface area contributed by atoms with Gasteiger partial charge in [0.2, 0.25) is 0 Å². The van der Waals surface area contributed by atoms with E-state index in [9.17, 15) is 13.2 Å². The molecule has 1 aliphatic heterocycles. The minimum absolute atomic E-state index is 0.0586. The maximum atomic E-state index is 12.6. The number of hydrogen-bond donors (Lipinski definition) is 2. The third-order valence-electron chi connectivity index (χ3n) is 4.76. The van der Waals surface area contributed by atoms with Crippen molar-refractivity contribution in [3.63, 3.8) is 0 Å². The Morgan fingerprint density at radius 2 is 2.07 bits per heavy atom. The monoisotopic (exact) mass is 402 g/mol. The van der Waals surface area contributed by atoms with Crippen molar-refractivity contribution in [1.82, 2.24) is 15.2 Å². The van der Waals surface area contributed by atoms with Crippen LogP contribution in [0.15, 0.2) is 47.6 Å². The summed E-state index contributed by atoms with van der Waals surface area (Å²) < 4.78 is 27.8. The van der Waals surface area contributed by atoms with Crippen molar-refractivity contribution in [3.8, 4) is 0 Å². The van der Waals surface area contributed by atoms with Crippen LogP contribution in [0.5, 0.6) is 0 Å². The lowest BCUT2D eigenvalue weighted by Gasteiger charge is -2.29. The fourth-order valence-electron chi connectivity index (χ4n) is 3.19. The summed E-state index contributed by atoms with van der Waals surface area (Å²) in [6, 6.07) is 8.35. The number of nitrogens with one attached hydrogen (secondary N) is 2. The average Bonchev–Trinajstić information content (AvgIpc) is 2.70. The minimum atomic E-state index is -3.68. The maximum absolute atomic E-state index is 12.6. The molecular formula is C20H26N4O3S. The topological polar surface area (TPSA) is 91.4 Å². The van der Waals surface area contributed by atoms with Gasteiger partial charge < -0.3 is 10.2 Å². The molecule has 1 aromatic carbocycles. The van der Waals surface area contributed by atoms with E-state index in [0.717, 1.165) is 30.4 Å². The van der Waals surface area contributed by atoms with Gasteiger partial charge in [-0.1, -0.05) is 25.8 Å². The molecule has 0 spiro atoms. The van der Waals surface area contributed by atoms with Crippen LogP contribution in [-0.2, 0) is 23.0 Å². The lowest BCUT2D eigenvalue weighted by atomic mass is 10.0. The zero-order valence-corrected chi connectivity index (χ0v) is 16.8. The molecule has 0 atom stereocenters. The number of amides is 2. The van der Waals surface area contributed by atoms with Crippen LogP contribution in [-0.4, -0.2) is 37.4 Å². The van der Waals surface area contributed by atoms with Crippen molar-refractivity contribution in [2.45, 2.75) is 44.0 Å². The number of rotatable bonds is 7. The van der Waals surface area contributed by atoms with E-state index < -0.39 is 10.0 Å². The number of sulfonamides is 1. The van der Waals surface area contributed by atoms with Gasteiger partial charge in [-0.3, -0.25) is 9.71 Å². The van der Waals surface area contributed by atoms with Crippen LogP contribution in [0.3, 0.4) is 0 Å². The van der Waals surface area contributed by atoms with Crippen molar-refractivity contribution < 1.29 is 13.2 Å². The molecule has 1 aliphatic rings. The first-order valence-electron chi connectivity index (χ1n) is 9.57. The van der Waals surface area contributed by atoms with Crippen LogP contribution in [0.25, 0.3) is 0 Å². The predicted molar refractivity (Wildman–Crippen MR) is 109 cm³/mol. The smallest absolute Gasteiger partial charge is 0.317 e. The fourth-order valence-corrected chi connectivity index (χ4v) is 4.28. The van der Waals surface area contributed by atoms with Crippen LogP contribution >= 0.6 is 0 Å². The first-order chi connectivity index (χ1) is 13.5. The molecule has 28 heavy (non-hydrogen) atoms. The Hall–Kier alpha value is -2.61. The number of hydrogen-bond acceptors (Lipinski definition) is 4. The third-order valence-corrected chi connectivity index (χ3v) is 6.14. The summed E-state index contributed by atoms with van der Waals surface area (Å²) in [7, 11) is -3.68. The Morgan fingerprint density at radius 1 is 1.21 bits per heavy atom. The van der Waals surface area contributed by atoms with E-state index in [1.165, 1.54) is 6.20 Å². The summed E-state index contributed by atoms with van der Waals surface area (Å²) in [5.74, 6) is 0. The van der Waals surface area contributed by atoms with E-state index in [1.807, 2.05) is 0 Å². The molecule has 8 heteroatoms. The number of fused-ring (bicyclic) bond motifs is 1. The average molecular weight is 403 g/mol. The van der Waals surface area contributed by atoms with E-state index in [-0.39, 0.29) is 10.9 Å². The fraction of sp³-hybridized carbons (Fsp3) is 0.400. The zero-order chi connectivity index (χ0) is 20.0. The van der Waals surface area contributed by atoms with Crippen LogP contribution in [0.4, 0.5) is 10.5 Å². The van der Waals surface area contributed by atoms with Gasteiger partial charge in [-0.15, -0.1) is 0 Å². The molecule has 0 aliphatic carbocycles. The molecular weight excluding hydrogens is 376 g/mol. The number of nitrogens with zero attached hydrogens (tertiary/aromatic N) is 2. The van der Waals surface area contributed by atoms with E-state index in [1.54, 1.807) is 41.4 Å². The summed E-state index contributed by atoms with van der Waals surface area (Å²) in [5, 5.41) is 2.96. The van der Waals surface area contributed by atoms with Gasteiger partial charge in [-0.2, -0.15) is 0 Å². The third kappa shape index (κ3) is 5.01. The number of pyridine rings is 1. The molecule has 0 saturated carbocycles. The summed E-state index contributed by atoms with van der Waals surface area (Å²) in [6.07, 6.45) is 6.89. The normalized spacial score (nSPS) is 13.7. The molecule has 0 fully saturated rings. The highest BCUT2D eigenvalue weighted by molar-refractivity contribution is 7.92. The first-order valence-corrected chi connectivity index (χ1v) is 11.1. The Bertz CT molecular complexity index is 916. The Kier molecular flexibility index (Phi) is 6.51. The minimum Gasteiger partial charge on any atom is -0.338 e. The SMILES string of the molecule is CCCCCNC(=O)N1CCc2cc(S(=O)(=O)Nc3cccnc3)ccc2C1. The largest absolute Gasteiger partial charge is 0.338 e. The lowest BCUT2D eigenvalue weighted by Crippen LogP contribution is -2.43.